The highest BCUT2D eigenvalue weighted by Gasteiger charge is 2.25. The molecule has 0 bridgehead atoms. The molecule has 0 unspecified atom stereocenters. The lowest BCUT2D eigenvalue weighted by Crippen LogP contribution is -2.50. The van der Waals surface area contributed by atoms with Crippen molar-refractivity contribution in [1.29, 1.82) is 0 Å². The predicted molar refractivity (Wildman–Crippen MR) is 90.2 cm³/mol. The topological polar surface area (TPSA) is 49.3 Å². The van der Waals surface area contributed by atoms with Gasteiger partial charge < -0.3 is 9.80 Å². The Balaban J connectivity index is 1.69. The number of aromatic nitrogens is 2. The Hall–Kier alpha value is -2.50. The summed E-state index contributed by atoms with van der Waals surface area (Å²) in [5.41, 5.74) is 1.79. The molecule has 0 aliphatic carbocycles. The van der Waals surface area contributed by atoms with Crippen molar-refractivity contribution in [3.05, 3.63) is 53.2 Å². The molecule has 3 rings (SSSR count). The van der Waals surface area contributed by atoms with Gasteiger partial charge in [0.2, 0.25) is 5.91 Å². The van der Waals surface area contributed by atoms with Crippen LogP contribution in [-0.4, -0.2) is 40.4 Å². The summed E-state index contributed by atoms with van der Waals surface area (Å²) < 4.78 is 13.3. The smallest absolute Gasteiger partial charge is 0.242 e. The second-order valence-corrected chi connectivity index (χ2v) is 5.99. The number of nitrogens with zero attached hydrogens (tertiary/aromatic N) is 4. The molecular weight excluding hydrogens is 307 g/mol. The molecule has 0 spiro atoms. The molecule has 1 saturated heterocycles. The Kier molecular flexibility index (Phi) is 4.74. The van der Waals surface area contributed by atoms with E-state index in [1.165, 1.54) is 12.1 Å². The van der Waals surface area contributed by atoms with Gasteiger partial charge in [-0.1, -0.05) is 19.1 Å². The molecule has 0 N–H and O–H groups in total. The number of halogens is 1. The molecule has 1 amide bonds. The quantitative estimate of drug-likeness (QED) is 0.864. The van der Waals surface area contributed by atoms with E-state index in [9.17, 15) is 9.18 Å². The minimum Gasteiger partial charge on any atom is -0.345 e. The first-order valence-electron chi connectivity index (χ1n) is 8.17. The van der Waals surface area contributed by atoms with E-state index >= 15 is 0 Å². The van der Waals surface area contributed by atoms with E-state index in [0.29, 0.717) is 19.6 Å². The van der Waals surface area contributed by atoms with Crippen molar-refractivity contribution < 1.29 is 9.18 Å². The average molecular weight is 328 g/mol. The monoisotopic (exact) mass is 328 g/mol. The third kappa shape index (κ3) is 3.69. The molecule has 1 aromatic heterocycles. The average Bonchev–Trinajstić information content (AvgIpc) is 2.56. The van der Waals surface area contributed by atoms with E-state index in [4.69, 9.17) is 0 Å². The summed E-state index contributed by atoms with van der Waals surface area (Å²) >= 11 is 0. The van der Waals surface area contributed by atoms with Gasteiger partial charge in [-0.25, -0.2) is 14.4 Å². The van der Waals surface area contributed by atoms with Crippen LogP contribution in [0.3, 0.4) is 0 Å². The minimum atomic E-state index is -0.276. The standard InChI is InChI=1S/C18H21FN4O/c1-3-16-10-17(21-13(2)20-16)22-7-8-23(18(24)12-22)11-14-5-4-6-15(19)9-14/h4-6,9-10H,3,7-8,11-12H2,1-2H3. The summed E-state index contributed by atoms with van der Waals surface area (Å²) in [6.45, 7) is 5.95. The first-order valence-corrected chi connectivity index (χ1v) is 8.17. The molecule has 2 aromatic rings. The number of anilines is 1. The maximum atomic E-state index is 13.3. The van der Waals surface area contributed by atoms with Crippen LogP contribution < -0.4 is 4.90 Å². The van der Waals surface area contributed by atoms with Gasteiger partial charge in [-0.15, -0.1) is 0 Å². The highest BCUT2D eigenvalue weighted by molar-refractivity contribution is 5.82. The number of amides is 1. The zero-order valence-corrected chi connectivity index (χ0v) is 14.0. The van der Waals surface area contributed by atoms with Crippen LogP contribution in [0.2, 0.25) is 0 Å². The van der Waals surface area contributed by atoms with Crippen LogP contribution in [0, 0.1) is 12.7 Å². The Morgan fingerprint density at radius 3 is 2.75 bits per heavy atom. The summed E-state index contributed by atoms with van der Waals surface area (Å²) in [6, 6.07) is 8.33. The number of hydrogen-bond acceptors (Lipinski definition) is 4. The van der Waals surface area contributed by atoms with E-state index in [0.717, 1.165) is 29.3 Å². The number of carbonyl (C=O) groups excluding carboxylic acids is 1. The Labute approximate surface area is 141 Å². The molecule has 0 radical (unpaired) electrons. The molecule has 2 heterocycles. The van der Waals surface area contributed by atoms with E-state index < -0.39 is 0 Å². The maximum Gasteiger partial charge on any atom is 0.242 e. The maximum absolute atomic E-state index is 13.3. The number of benzene rings is 1. The normalized spacial score (nSPS) is 15.0. The van der Waals surface area contributed by atoms with Gasteiger partial charge in [-0.2, -0.15) is 0 Å². The fraction of sp³-hybridized carbons (Fsp3) is 0.389. The molecule has 126 valence electrons. The zero-order chi connectivity index (χ0) is 17.1. The summed E-state index contributed by atoms with van der Waals surface area (Å²) in [5, 5.41) is 0. The van der Waals surface area contributed by atoms with Crippen LogP contribution in [0.1, 0.15) is 24.0 Å². The largest absolute Gasteiger partial charge is 0.345 e. The van der Waals surface area contributed by atoms with Crippen LogP contribution in [0.15, 0.2) is 30.3 Å². The molecule has 1 aliphatic heterocycles. The SMILES string of the molecule is CCc1cc(N2CCN(Cc3cccc(F)c3)C(=O)C2)nc(C)n1. The molecule has 6 heteroatoms. The van der Waals surface area contributed by atoms with Crippen molar-refractivity contribution >= 4 is 11.7 Å². The van der Waals surface area contributed by atoms with Crippen molar-refractivity contribution in [2.24, 2.45) is 0 Å². The Morgan fingerprint density at radius 2 is 2.04 bits per heavy atom. The van der Waals surface area contributed by atoms with Crippen LogP contribution >= 0.6 is 0 Å². The van der Waals surface area contributed by atoms with E-state index in [-0.39, 0.29) is 18.3 Å². The minimum absolute atomic E-state index is 0.0276. The van der Waals surface area contributed by atoms with Gasteiger partial charge in [0.25, 0.3) is 0 Å². The van der Waals surface area contributed by atoms with Gasteiger partial charge >= 0.3 is 0 Å². The van der Waals surface area contributed by atoms with Crippen LogP contribution in [-0.2, 0) is 17.8 Å². The van der Waals surface area contributed by atoms with Crippen molar-refractivity contribution in [3.63, 3.8) is 0 Å². The number of rotatable bonds is 4. The number of carbonyl (C=O) groups is 1. The second kappa shape index (κ2) is 6.95. The van der Waals surface area contributed by atoms with Gasteiger partial charge in [0, 0.05) is 31.4 Å². The molecule has 0 saturated carbocycles. The lowest BCUT2D eigenvalue weighted by Gasteiger charge is -2.35. The molecule has 24 heavy (non-hydrogen) atoms. The fourth-order valence-electron chi connectivity index (χ4n) is 2.88. The number of piperazine rings is 1. The van der Waals surface area contributed by atoms with Gasteiger partial charge in [0.05, 0.1) is 6.54 Å². The predicted octanol–water partition coefficient (Wildman–Crippen LogP) is 2.34. The Bertz CT molecular complexity index is 750. The molecule has 1 aliphatic rings. The number of aryl methyl sites for hydroxylation is 2. The zero-order valence-electron chi connectivity index (χ0n) is 14.0. The summed E-state index contributed by atoms with van der Waals surface area (Å²) in [4.78, 5) is 25.0. The molecular formula is C18H21FN4O. The summed E-state index contributed by atoms with van der Waals surface area (Å²) in [6.07, 6.45) is 0.837. The molecule has 5 nitrogen and oxygen atoms in total. The third-order valence-corrected chi connectivity index (χ3v) is 4.14. The van der Waals surface area contributed by atoms with Crippen molar-refractivity contribution in [2.45, 2.75) is 26.8 Å². The molecule has 0 atom stereocenters. The van der Waals surface area contributed by atoms with Gasteiger partial charge in [0.1, 0.15) is 17.5 Å². The van der Waals surface area contributed by atoms with Crippen LogP contribution in [0.4, 0.5) is 10.2 Å². The highest BCUT2D eigenvalue weighted by atomic mass is 19.1. The van der Waals surface area contributed by atoms with Crippen molar-refractivity contribution in [2.75, 3.05) is 24.5 Å². The highest BCUT2D eigenvalue weighted by Crippen LogP contribution is 2.17. The summed E-state index contributed by atoms with van der Waals surface area (Å²) in [7, 11) is 0. The van der Waals surface area contributed by atoms with Crippen LogP contribution in [0.25, 0.3) is 0 Å². The van der Waals surface area contributed by atoms with E-state index in [2.05, 4.69) is 9.97 Å². The van der Waals surface area contributed by atoms with Crippen LogP contribution in [0.5, 0.6) is 0 Å². The van der Waals surface area contributed by atoms with Gasteiger partial charge in [0.15, 0.2) is 0 Å². The Morgan fingerprint density at radius 1 is 1.21 bits per heavy atom. The van der Waals surface area contributed by atoms with Gasteiger partial charge in [-0.05, 0) is 31.0 Å². The first kappa shape index (κ1) is 16.4. The lowest BCUT2D eigenvalue weighted by molar-refractivity contribution is -0.131. The van der Waals surface area contributed by atoms with Crippen molar-refractivity contribution in [3.8, 4) is 0 Å². The number of hydrogen-bond donors (Lipinski definition) is 0. The molecule has 1 fully saturated rings. The lowest BCUT2D eigenvalue weighted by atomic mass is 10.2. The first-order chi connectivity index (χ1) is 11.5. The van der Waals surface area contributed by atoms with E-state index in [1.807, 2.05) is 30.9 Å². The van der Waals surface area contributed by atoms with Gasteiger partial charge in [-0.3, -0.25) is 4.79 Å². The molecule has 1 aromatic carbocycles. The fourth-order valence-corrected chi connectivity index (χ4v) is 2.88. The van der Waals surface area contributed by atoms with E-state index in [1.54, 1.807) is 11.0 Å². The third-order valence-electron chi connectivity index (χ3n) is 4.14. The second-order valence-electron chi connectivity index (χ2n) is 5.99. The summed E-state index contributed by atoms with van der Waals surface area (Å²) in [5.74, 6) is 1.28. The van der Waals surface area contributed by atoms with Crippen molar-refractivity contribution in [1.82, 2.24) is 14.9 Å².